The molecule has 2 aliphatic heterocycles. The third-order valence-electron chi connectivity index (χ3n) is 2.73. The largest absolute Gasteiger partial charge is 0.333 e. The minimum atomic E-state index is -0.769. The summed E-state index contributed by atoms with van der Waals surface area (Å²) in [5.74, 6) is -2.89. The van der Waals surface area contributed by atoms with Crippen molar-refractivity contribution in [3.8, 4) is 0 Å². The molecule has 0 aliphatic carbocycles. The van der Waals surface area contributed by atoms with Crippen molar-refractivity contribution < 1.29 is 59.9 Å². The van der Waals surface area contributed by atoms with E-state index in [1.165, 1.54) is 0 Å². The number of amides is 4. The van der Waals surface area contributed by atoms with E-state index < -0.39 is 29.6 Å². The van der Waals surface area contributed by atoms with Crippen molar-refractivity contribution in [3.63, 3.8) is 0 Å². The zero-order valence-electron chi connectivity index (χ0n) is 10.9. The van der Waals surface area contributed by atoms with E-state index in [2.05, 4.69) is 4.84 Å². The van der Waals surface area contributed by atoms with Gasteiger partial charge in [0, 0.05) is 56.2 Å². The second-order valence-electron chi connectivity index (χ2n) is 4.16. The van der Waals surface area contributed by atoms with Gasteiger partial charge in [0.05, 0.1) is 0 Å². The van der Waals surface area contributed by atoms with E-state index in [1.807, 2.05) is 0 Å². The fraction of sp³-hybridized carbons (Fsp3) is 0.333. The molecule has 0 aromatic rings. The van der Waals surface area contributed by atoms with Crippen LogP contribution in [-0.2, 0) is 28.8 Å². The van der Waals surface area contributed by atoms with Gasteiger partial charge < -0.3 is 9.63 Å². The fourth-order valence-corrected chi connectivity index (χ4v) is 1.74. The first kappa shape index (κ1) is 17.5. The van der Waals surface area contributed by atoms with Crippen LogP contribution in [0.5, 0.6) is 0 Å². The number of carbonyl (C=O) groups excluding carboxylic acids is 5. The molecule has 0 unspecified atom stereocenters. The molecule has 0 saturated carbocycles. The molecule has 0 bridgehead atoms. The Morgan fingerprint density at radius 3 is 2.33 bits per heavy atom. The summed E-state index contributed by atoms with van der Waals surface area (Å²) in [7, 11) is 0. The monoisotopic (exact) mass is 517 g/mol. The van der Waals surface area contributed by atoms with Gasteiger partial charge in [-0.05, 0) is 6.42 Å². The van der Waals surface area contributed by atoms with Gasteiger partial charge in [0.1, 0.15) is 5.91 Å². The minimum Gasteiger partial charge on any atom is -0.333 e. The second-order valence-corrected chi connectivity index (χ2v) is 4.16. The van der Waals surface area contributed by atoms with Gasteiger partial charge in [-0.25, -0.2) is 4.79 Å². The molecule has 1 fully saturated rings. The van der Waals surface area contributed by atoms with Gasteiger partial charge in [-0.2, -0.15) is 0 Å². The Morgan fingerprint density at radius 1 is 1.19 bits per heavy atom. The SMILES string of the molecule is O=C(CCCN1C(=O)C=CC1=O)ON1C(=O)[CH-]CC1=O.[U]. The van der Waals surface area contributed by atoms with Crippen LogP contribution >= 0.6 is 0 Å². The number of hydrogen-bond donors (Lipinski definition) is 0. The van der Waals surface area contributed by atoms with Crippen LogP contribution in [0, 0.1) is 37.5 Å². The van der Waals surface area contributed by atoms with Gasteiger partial charge in [0.15, 0.2) is 0 Å². The third-order valence-corrected chi connectivity index (χ3v) is 2.73. The Morgan fingerprint density at radius 2 is 1.81 bits per heavy atom. The summed E-state index contributed by atoms with van der Waals surface area (Å²) in [6.07, 6.45) is 3.40. The molecule has 2 rings (SSSR count). The van der Waals surface area contributed by atoms with Crippen molar-refractivity contribution >= 4 is 29.6 Å². The zero-order chi connectivity index (χ0) is 14.7. The summed E-state index contributed by atoms with van der Waals surface area (Å²) in [4.78, 5) is 61.8. The van der Waals surface area contributed by atoms with Gasteiger partial charge in [-0.3, -0.25) is 25.7 Å². The normalized spacial score (nSPS) is 17.1. The van der Waals surface area contributed by atoms with Crippen molar-refractivity contribution in [2.24, 2.45) is 0 Å². The van der Waals surface area contributed by atoms with E-state index in [9.17, 15) is 24.0 Å². The van der Waals surface area contributed by atoms with Crippen molar-refractivity contribution in [3.05, 3.63) is 18.6 Å². The molecular formula is C12H11N2O6U-. The summed E-state index contributed by atoms with van der Waals surface area (Å²) in [6.45, 7) is 0.0772. The van der Waals surface area contributed by atoms with Gasteiger partial charge in [-0.1, -0.05) is 6.42 Å². The summed E-state index contributed by atoms with van der Waals surface area (Å²) in [5.41, 5.74) is 0. The number of rotatable bonds is 5. The molecule has 0 atom stereocenters. The molecule has 21 heavy (non-hydrogen) atoms. The molecule has 0 spiro atoms. The van der Waals surface area contributed by atoms with Gasteiger partial charge >= 0.3 is 5.97 Å². The molecule has 110 valence electrons. The van der Waals surface area contributed by atoms with Crippen LogP contribution in [0.3, 0.4) is 0 Å². The van der Waals surface area contributed by atoms with Crippen molar-refractivity contribution in [1.82, 2.24) is 9.96 Å². The van der Waals surface area contributed by atoms with Crippen LogP contribution in [0.2, 0.25) is 0 Å². The maximum Gasteiger partial charge on any atom is 0.333 e. The average Bonchev–Trinajstić information content (AvgIpc) is 2.88. The summed E-state index contributed by atoms with van der Waals surface area (Å²) in [6, 6.07) is 0. The van der Waals surface area contributed by atoms with Crippen LogP contribution in [-0.4, -0.2) is 46.1 Å². The number of hydroxylamine groups is 2. The predicted octanol–water partition coefficient (Wildman–Crippen LogP) is -0.887. The first-order valence-corrected chi connectivity index (χ1v) is 5.93. The molecule has 0 radical (unpaired) electrons. The third kappa shape index (κ3) is 4.19. The van der Waals surface area contributed by atoms with E-state index >= 15 is 0 Å². The maximum absolute atomic E-state index is 11.4. The quantitative estimate of drug-likeness (QED) is 0.347. The summed E-state index contributed by atoms with van der Waals surface area (Å²) < 4.78 is 0. The molecule has 8 nitrogen and oxygen atoms in total. The topological polar surface area (TPSA) is 101 Å². The van der Waals surface area contributed by atoms with Crippen LogP contribution in [0.25, 0.3) is 0 Å². The second kappa shape index (κ2) is 7.43. The van der Waals surface area contributed by atoms with E-state index in [-0.39, 0.29) is 56.9 Å². The first-order chi connectivity index (χ1) is 9.49. The summed E-state index contributed by atoms with van der Waals surface area (Å²) >= 11 is 0. The van der Waals surface area contributed by atoms with Crippen LogP contribution in [0.1, 0.15) is 19.3 Å². The van der Waals surface area contributed by atoms with Crippen molar-refractivity contribution in [2.75, 3.05) is 6.54 Å². The zero-order valence-corrected chi connectivity index (χ0v) is 15.1. The molecule has 0 aromatic carbocycles. The molecule has 0 aromatic heterocycles. The molecule has 9 heteroatoms. The molecule has 4 amide bonds. The summed E-state index contributed by atoms with van der Waals surface area (Å²) in [5, 5.41) is 0.413. The van der Waals surface area contributed by atoms with Crippen LogP contribution in [0.15, 0.2) is 12.2 Å². The smallest absolute Gasteiger partial charge is 0.333 e. The van der Waals surface area contributed by atoms with Gasteiger partial charge in [0.25, 0.3) is 11.8 Å². The Labute approximate surface area is 143 Å². The number of hydrogen-bond acceptors (Lipinski definition) is 6. The predicted molar refractivity (Wildman–Crippen MR) is 62.0 cm³/mol. The first-order valence-electron chi connectivity index (χ1n) is 5.93. The van der Waals surface area contributed by atoms with Crippen LogP contribution in [0.4, 0.5) is 0 Å². The molecule has 2 heterocycles. The maximum atomic E-state index is 11.4. The van der Waals surface area contributed by atoms with E-state index in [1.54, 1.807) is 0 Å². The average molecular weight is 517 g/mol. The molecule has 1 saturated heterocycles. The number of imide groups is 2. The molecule has 0 N–H and O–H groups in total. The fourth-order valence-electron chi connectivity index (χ4n) is 1.74. The van der Waals surface area contributed by atoms with E-state index in [4.69, 9.17) is 0 Å². The standard InChI is InChI=1S/C12H11N2O6.U/c15-8-3-4-9(16)13(8)7-1-2-12(19)20-14-10(17)5-6-11(14)18;/h3-5H,1-2,6-7H2;/q-1;. The Hall–Kier alpha value is -1.59. The number of nitrogens with zero attached hydrogens (tertiary/aromatic N) is 2. The Bertz CT molecular complexity index is 496. The van der Waals surface area contributed by atoms with Gasteiger partial charge in [-0.15, -0.1) is 5.06 Å². The van der Waals surface area contributed by atoms with Crippen LogP contribution < -0.4 is 0 Å². The Kier molecular flexibility index (Phi) is 6.18. The number of carbonyl (C=O) groups is 5. The Balaban J connectivity index is 0.00000220. The minimum absolute atomic E-state index is 0. The van der Waals surface area contributed by atoms with E-state index in [0.29, 0.717) is 5.06 Å². The van der Waals surface area contributed by atoms with Gasteiger partial charge in [0.2, 0.25) is 5.91 Å². The molecule has 2 aliphatic rings. The van der Waals surface area contributed by atoms with Crippen molar-refractivity contribution in [1.29, 1.82) is 0 Å². The molecular weight excluding hydrogens is 506 g/mol. The van der Waals surface area contributed by atoms with Crippen molar-refractivity contribution in [2.45, 2.75) is 19.3 Å². The van der Waals surface area contributed by atoms with E-state index in [0.717, 1.165) is 23.5 Å².